The number of hydrogen-bond acceptors (Lipinski definition) is 2. The Balaban J connectivity index is 2.15. The van der Waals surface area contributed by atoms with Crippen molar-refractivity contribution in [2.75, 3.05) is 19.6 Å². The van der Waals surface area contributed by atoms with E-state index in [4.69, 9.17) is 0 Å². The summed E-state index contributed by atoms with van der Waals surface area (Å²) in [6.45, 7) is -0.420. The Morgan fingerprint density at radius 2 is 1.79 bits per heavy atom. The molecule has 0 bridgehead atoms. The Morgan fingerprint density at radius 1 is 1.07 bits per heavy atom. The summed E-state index contributed by atoms with van der Waals surface area (Å²) in [4.78, 5) is 0. The van der Waals surface area contributed by atoms with Crippen LogP contribution in [0.15, 0.2) is 0 Å². The predicted octanol–water partition coefficient (Wildman–Crippen LogP) is 0.838. The van der Waals surface area contributed by atoms with Gasteiger partial charge in [-0.1, -0.05) is 0 Å². The molecule has 2 aliphatic rings. The average molecular weight is 212 g/mol. The van der Waals surface area contributed by atoms with Crippen molar-refractivity contribution in [1.82, 2.24) is 10.6 Å². The molecule has 2 atom stereocenters. The topological polar surface area (TPSA) is 24.1 Å². The minimum absolute atomic E-state index is 0.0414. The fraction of sp³-hybridized carbons (Fsp3) is 1.00. The first-order chi connectivity index (χ1) is 6.43. The van der Waals surface area contributed by atoms with E-state index in [1.807, 2.05) is 0 Å². The van der Waals surface area contributed by atoms with Crippen LogP contribution in [0.2, 0.25) is 0 Å². The van der Waals surface area contributed by atoms with Gasteiger partial charge in [0.2, 0.25) is 0 Å². The van der Waals surface area contributed by atoms with Crippen LogP contribution >= 0.6 is 0 Å². The Bertz CT molecular complexity index is 207. The molecule has 2 unspecified atom stereocenters. The summed E-state index contributed by atoms with van der Waals surface area (Å²) >= 11 is 0. The molecular weight excluding hydrogens is 200 g/mol. The van der Waals surface area contributed by atoms with Crippen molar-refractivity contribution in [3.8, 4) is 0 Å². The van der Waals surface area contributed by atoms with E-state index in [0.717, 1.165) is 0 Å². The molecule has 0 radical (unpaired) electrons. The molecular formula is C8H12F4N2. The first-order valence-electron chi connectivity index (χ1n) is 4.63. The minimum atomic E-state index is -3.02. The highest BCUT2D eigenvalue weighted by Gasteiger charge is 2.57. The van der Waals surface area contributed by atoms with Crippen molar-refractivity contribution in [3.05, 3.63) is 0 Å². The molecule has 2 nitrogen and oxygen atoms in total. The van der Waals surface area contributed by atoms with Crippen LogP contribution in [0.4, 0.5) is 17.6 Å². The molecule has 2 saturated heterocycles. The maximum absolute atomic E-state index is 13.2. The third kappa shape index (κ3) is 1.50. The highest BCUT2D eigenvalue weighted by atomic mass is 19.3. The van der Waals surface area contributed by atoms with E-state index in [1.54, 1.807) is 0 Å². The summed E-state index contributed by atoms with van der Waals surface area (Å²) in [5.41, 5.74) is 0. The summed E-state index contributed by atoms with van der Waals surface area (Å²) in [5, 5.41) is 4.93. The molecule has 6 heteroatoms. The third-order valence-electron chi connectivity index (χ3n) is 2.95. The van der Waals surface area contributed by atoms with E-state index in [-0.39, 0.29) is 19.5 Å². The number of rotatable bonds is 1. The first-order valence-corrected chi connectivity index (χ1v) is 4.63. The minimum Gasteiger partial charge on any atom is -0.311 e. The largest absolute Gasteiger partial charge is 0.311 e. The molecule has 0 amide bonds. The van der Waals surface area contributed by atoms with Crippen molar-refractivity contribution in [2.45, 2.75) is 24.3 Å². The van der Waals surface area contributed by atoms with Gasteiger partial charge in [0.15, 0.2) is 0 Å². The first kappa shape index (κ1) is 10.2. The van der Waals surface area contributed by atoms with E-state index < -0.39 is 30.3 Å². The molecule has 0 aromatic heterocycles. The molecule has 2 heterocycles. The van der Waals surface area contributed by atoms with Gasteiger partial charge in [-0.2, -0.15) is 0 Å². The number of hydrogen-bond donors (Lipinski definition) is 2. The maximum atomic E-state index is 13.2. The zero-order chi connectivity index (χ0) is 10.4. The normalized spacial score (nSPS) is 40.3. The Hall–Kier alpha value is -0.360. The Morgan fingerprint density at radius 3 is 2.21 bits per heavy atom. The summed E-state index contributed by atoms with van der Waals surface area (Å²) in [7, 11) is 0. The summed E-state index contributed by atoms with van der Waals surface area (Å²) in [6, 6.07) is -1.38. The lowest BCUT2D eigenvalue weighted by atomic mass is 9.92. The fourth-order valence-electron chi connectivity index (χ4n) is 2.17. The SMILES string of the molecule is FC1(F)CNCC1C1NCCC1(F)F. The second-order valence-electron chi connectivity index (χ2n) is 3.94. The average Bonchev–Trinajstić information content (AvgIpc) is 2.53. The Kier molecular flexibility index (Phi) is 2.23. The molecule has 0 aromatic carbocycles. The predicted molar refractivity (Wildman–Crippen MR) is 42.7 cm³/mol. The monoisotopic (exact) mass is 212 g/mol. The standard InChI is InChI=1S/C8H12F4N2/c9-7(10)1-2-14-6(7)5-3-13-4-8(5,11)12/h5-6,13-14H,1-4H2. The molecule has 14 heavy (non-hydrogen) atoms. The molecule has 0 spiro atoms. The van der Waals surface area contributed by atoms with Crippen LogP contribution < -0.4 is 10.6 Å². The van der Waals surface area contributed by atoms with E-state index in [2.05, 4.69) is 10.6 Å². The quantitative estimate of drug-likeness (QED) is 0.629. The van der Waals surface area contributed by atoms with Crippen LogP contribution in [-0.4, -0.2) is 37.5 Å². The Labute approximate surface area is 79.0 Å². The molecule has 0 aromatic rings. The molecule has 2 aliphatic heterocycles. The lowest BCUT2D eigenvalue weighted by molar-refractivity contribution is -0.0907. The van der Waals surface area contributed by atoms with Gasteiger partial charge in [0.05, 0.1) is 18.5 Å². The van der Waals surface area contributed by atoms with Gasteiger partial charge in [0, 0.05) is 19.5 Å². The van der Waals surface area contributed by atoms with Crippen molar-refractivity contribution in [2.24, 2.45) is 5.92 Å². The molecule has 0 saturated carbocycles. The van der Waals surface area contributed by atoms with Crippen LogP contribution in [0, 0.1) is 5.92 Å². The van der Waals surface area contributed by atoms with Gasteiger partial charge in [-0.15, -0.1) is 0 Å². The van der Waals surface area contributed by atoms with E-state index >= 15 is 0 Å². The van der Waals surface area contributed by atoms with Crippen molar-refractivity contribution in [3.63, 3.8) is 0 Å². The van der Waals surface area contributed by atoms with Crippen molar-refractivity contribution >= 4 is 0 Å². The van der Waals surface area contributed by atoms with Crippen LogP contribution in [0.25, 0.3) is 0 Å². The summed E-state index contributed by atoms with van der Waals surface area (Å²) < 4.78 is 52.7. The van der Waals surface area contributed by atoms with Crippen LogP contribution in [0.1, 0.15) is 6.42 Å². The van der Waals surface area contributed by atoms with Gasteiger partial charge < -0.3 is 10.6 Å². The molecule has 0 aliphatic carbocycles. The van der Waals surface area contributed by atoms with Crippen molar-refractivity contribution < 1.29 is 17.6 Å². The van der Waals surface area contributed by atoms with E-state index in [0.29, 0.717) is 0 Å². The van der Waals surface area contributed by atoms with Gasteiger partial charge in [-0.05, 0) is 0 Å². The van der Waals surface area contributed by atoms with Crippen LogP contribution in [0.5, 0.6) is 0 Å². The van der Waals surface area contributed by atoms with Gasteiger partial charge >= 0.3 is 0 Å². The third-order valence-corrected chi connectivity index (χ3v) is 2.95. The van der Waals surface area contributed by atoms with Crippen LogP contribution in [0.3, 0.4) is 0 Å². The zero-order valence-corrected chi connectivity index (χ0v) is 7.49. The summed E-state index contributed by atoms with van der Waals surface area (Å²) in [5.74, 6) is -7.31. The fourth-order valence-corrected chi connectivity index (χ4v) is 2.17. The molecule has 2 fully saturated rings. The van der Waals surface area contributed by atoms with Gasteiger partial charge in [0.1, 0.15) is 0 Å². The van der Waals surface area contributed by atoms with Gasteiger partial charge in [0.25, 0.3) is 11.8 Å². The smallest absolute Gasteiger partial charge is 0.266 e. The molecule has 2 N–H and O–H groups in total. The lowest BCUT2D eigenvalue weighted by Gasteiger charge is -2.28. The lowest BCUT2D eigenvalue weighted by Crippen LogP contribution is -2.49. The molecule has 82 valence electrons. The maximum Gasteiger partial charge on any atom is 0.266 e. The second kappa shape index (κ2) is 3.06. The highest BCUT2D eigenvalue weighted by molar-refractivity contribution is 5.03. The number of nitrogens with one attached hydrogen (secondary N) is 2. The zero-order valence-electron chi connectivity index (χ0n) is 7.49. The summed E-state index contributed by atoms with van der Waals surface area (Å²) in [6.07, 6.45) is -0.343. The number of halogens is 4. The second-order valence-corrected chi connectivity index (χ2v) is 3.94. The van der Waals surface area contributed by atoms with E-state index in [1.165, 1.54) is 0 Å². The van der Waals surface area contributed by atoms with Crippen molar-refractivity contribution in [1.29, 1.82) is 0 Å². The van der Waals surface area contributed by atoms with Crippen LogP contribution in [-0.2, 0) is 0 Å². The molecule has 2 rings (SSSR count). The highest BCUT2D eigenvalue weighted by Crippen LogP contribution is 2.40. The number of alkyl halides is 4. The van der Waals surface area contributed by atoms with Gasteiger partial charge in [-0.25, -0.2) is 17.6 Å². The van der Waals surface area contributed by atoms with Gasteiger partial charge in [-0.3, -0.25) is 0 Å². The van der Waals surface area contributed by atoms with E-state index in [9.17, 15) is 17.6 Å².